The smallest absolute Gasteiger partial charge is 0.263 e. The summed E-state index contributed by atoms with van der Waals surface area (Å²) < 4.78 is 1.69. The Morgan fingerprint density at radius 2 is 1.89 bits per heavy atom. The number of benzene rings is 2. The summed E-state index contributed by atoms with van der Waals surface area (Å²) in [4.78, 5) is 25.8. The van der Waals surface area contributed by atoms with E-state index in [1.54, 1.807) is 10.8 Å². The fourth-order valence-corrected chi connectivity index (χ4v) is 4.26. The molecule has 0 unspecified atom stereocenters. The molecule has 3 heterocycles. The van der Waals surface area contributed by atoms with Crippen LogP contribution in [0.3, 0.4) is 0 Å². The molecule has 0 fully saturated rings. The van der Waals surface area contributed by atoms with E-state index in [1.807, 2.05) is 74.5 Å². The molecule has 0 aliphatic rings. The van der Waals surface area contributed by atoms with E-state index in [2.05, 4.69) is 30.3 Å². The maximum atomic E-state index is 14.2. The Labute approximate surface area is 207 Å². The maximum Gasteiger partial charge on any atom is 0.263 e. The molecule has 5 rings (SSSR count). The molecular weight excluding hydrogens is 452 g/mol. The molecule has 0 saturated heterocycles. The number of nitrogens with two attached hydrogens (primary N) is 1. The highest BCUT2D eigenvalue weighted by molar-refractivity contribution is 5.96. The Kier molecular flexibility index (Phi) is 5.84. The van der Waals surface area contributed by atoms with Crippen LogP contribution in [0.4, 0.5) is 17.5 Å². The second-order valence-electron chi connectivity index (χ2n) is 8.34. The lowest BCUT2D eigenvalue weighted by molar-refractivity contribution is 0.774. The minimum atomic E-state index is -0.398. The Bertz CT molecular complexity index is 1690. The average Bonchev–Trinajstić information content (AvgIpc) is 2.89. The van der Waals surface area contributed by atoms with Gasteiger partial charge in [0, 0.05) is 23.1 Å². The van der Waals surface area contributed by atoms with E-state index >= 15 is 0 Å². The van der Waals surface area contributed by atoms with Gasteiger partial charge in [0.15, 0.2) is 0 Å². The van der Waals surface area contributed by atoms with Gasteiger partial charge in [-0.25, -0.2) is 14.8 Å². The molecule has 3 N–H and O–H groups in total. The largest absolute Gasteiger partial charge is 0.371 e. The summed E-state index contributed by atoms with van der Waals surface area (Å²) in [6.45, 7) is 11.2. The first kappa shape index (κ1) is 22.7. The zero-order valence-electron chi connectivity index (χ0n) is 19.7. The van der Waals surface area contributed by atoms with Gasteiger partial charge in [-0.2, -0.15) is 10.2 Å². The minimum absolute atomic E-state index is 0.0574. The maximum absolute atomic E-state index is 14.2. The number of hydrogen-bond acceptors (Lipinski definition) is 7. The number of rotatable bonds is 5. The van der Waals surface area contributed by atoms with E-state index in [0.29, 0.717) is 16.9 Å². The predicted octanol–water partition coefficient (Wildman–Crippen LogP) is 4.85. The van der Waals surface area contributed by atoms with Gasteiger partial charge in [0.2, 0.25) is 11.6 Å². The summed E-state index contributed by atoms with van der Waals surface area (Å²) >= 11 is 0. The van der Waals surface area contributed by atoms with Crippen LogP contribution in [0.5, 0.6) is 0 Å². The zero-order valence-corrected chi connectivity index (χ0v) is 19.7. The van der Waals surface area contributed by atoms with Crippen molar-refractivity contribution in [3.05, 3.63) is 106 Å². The van der Waals surface area contributed by atoms with Crippen molar-refractivity contribution in [2.45, 2.75) is 19.9 Å². The van der Waals surface area contributed by atoms with Gasteiger partial charge in [-0.05, 0) is 49.1 Å². The van der Waals surface area contributed by atoms with Crippen molar-refractivity contribution in [3.8, 4) is 16.8 Å². The Hall–Kier alpha value is -5.10. The molecule has 0 radical (unpaired) electrons. The van der Waals surface area contributed by atoms with Crippen molar-refractivity contribution in [2.24, 2.45) is 0 Å². The van der Waals surface area contributed by atoms with Crippen molar-refractivity contribution in [3.63, 3.8) is 0 Å². The van der Waals surface area contributed by atoms with Crippen LogP contribution in [0.1, 0.15) is 24.4 Å². The third-order valence-corrected chi connectivity index (χ3v) is 5.88. The molecule has 0 amide bonds. The van der Waals surface area contributed by atoms with Crippen molar-refractivity contribution in [1.29, 1.82) is 0 Å². The third kappa shape index (κ3) is 4.12. The molecule has 2 aromatic carbocycles. The van der Waals surface area contributed by atoms with Gasteiger partial charge in [-0.1, -0.05) is 36.4 Å². The Morgan fingerprint density at radius 1 is 1.08 bits per heavy atom. The first-order chi connectivity index (χ1) is 17.5. The fourth-order valence-electron chi connectivity index (χ4n) is 4.26. The number of hydrogen-bond donors (Lipinski definition) is 2. The average molecular weight is 475 g/mol. The molecule has 3 aromatic heterocycles. The van der Waals surface area contributed by atoms with Gasteiger partial charge < -0.3 is 11.1 Å². The lowest BCUT2D eigenvalue weighted by Crippen LogP contribution is -2.26. The van der Waals surface area contributed by atoms with Gasteiger partial charge in [0.05, 0.1) is 29.9 Å². The van der Waals surface area contributed by atoms with Gasteiger partial charge in [0.25, 0.3) is 5.56 Å². The second-order valence-corrected chi connectivity index (χ2v) is 8.34. The monoisotopic (exact) mass is 474 g/mol. The first-order valence-corrected chi connectivity index (χ1v) is 11.3. The quantitative estimate of drug-likeness (QED) is 0.350. The van der Waals surface area contributed by atoms with Gasteiger partial charge in [-0.15, -0.1) is 0 Å². The zero-order chi connectivity index (χ0) is 25.2. The highest BCUT2D eigenvalue weighted by Gasteiger charge is 2.20. The molecule has 9 heteroatoms. The fraction of sp³-hybridized carbons (Fsp3) is 0.111. The van der Waals surface area contributed by atoms with Crippen molar-refractivity contribution in [1.82, 2.24) is 24.7 Å². The molecule has 0 saturated carbocycles. The van der Waals surface area contributed by atoms with Crippen LogP contribution in [0.25, 0.3) is 32.4 Å². The molecule has 9 nitrogen and oxygen atoms in total. The molecule has 5 aromatic rings. The van der Waals surface area contributed by atoms with Gasteiger partial charge in [0.1, 0.15) is 5.82 Å². The van der Waals surface area contributed by atoms with Crippen LogP contribution in [0.2, 0.25) is 0 Å². The van der Waals surface area contributed by atoms with Crippen LogP contribution in [-0.4, -0.2) is 24.7 Å². The Morgan fingerprint density at radius 3 is 2.64 bits per heavy atom. The van der Waals surface area contributed by atoms with E-state index < -0.39 is 6.04 Å². The lowest BCUT2D eigenvalue weighted by atomic mass is 9.98. The van der Waals surface area contributed by atoms with E-state index in [9.17, 15) is 4.79 Å². The topological polar surface area (TPSA) is 116 Å². The molecule has 176 valence electrons. The summed E-state index contributed by atoms with van der Waals surface area (Å²) in [5, 5.41) is 12.7. The highest BCUT2D eigenvalue weighted by Crippen LogP contribution is 2.31. The second kappa shape index (κ2) is 9.27. The van der Waals surface area contributed by atoms with Gasteiger partial charge in [-0.3, -0.25) is 9.36 Å². The number of anilines is 2. The van der Waals surface area contributed by atoms with E-state index in [-0.39, 0.29) is 17.2 Å². The normalized spacial score (nSPS) is 11.7. The molecule has 0 aliphatic heterocycles. The first-order valence-electron chi connectivity index (χ1n) is 11.3. The molecule has 36 heavy (non-hydrogen) atoms. The van der Waals surface area contributed by atoms with Gasteiger partial charge >= 0.3 is 0 Å². The van der Waals surface area contributed by atoms with Crippen LogP contribution in [0, 0.1) is 13.5 Å². The summed E-state index contributed by atoms with van der Waals surface area (Å²) in [7, 11) is 0. The summed E-state index contributed by atoms with van der Waals surface area (Å²) in [6.07, 6.45) is 3.05. The summed E-state index contributed by atoms with van der Waals surface area (Å²) in [5.74, 6) is 0.367. The SMILES string of the molecule is [C-]#[N+]c1cnc(N)nc1N[C@@H](C)c1cc2cccc(-c3cnnc(C)c3)c2c(=O)n1-c1ccccc1. The van der Waals surface area contributed by atoms with Crippen LogP contribution in [0.15, 0.2) is 77.9 Å². The third-order valence-electron chi connectivity index (χ3n) is 5.88. The van der Waals surface area contributed by atoms with Crippen LogP contribution >= 0.6 is 0 Å². The predicted molar refractivity (Wildman–Crippen MR) is 140 cm³/mol. The Balaban J connectivity index is 1.75. The molecule has 1 atom stereocenters. The van der Waals surface area contributed by atoms with Crippen molar-refractivity contribution < 1.29 is 0 Å². The molecular formula is C27H22N8O. The number of aromatic nitrogens is 5. The number of aryl methyl sites for hydroxylation is 1. The number of nitrogen functional groups attached to an aromatic ring is 1. The number of nitrogens with one attached hydrogen (secondary N) is 1. The molecule has 0 bridgehead atoms. The summed E-state index contributed by atoms with van der Waals surface area (Å²) in [6, 6.07) is 18.7. The minimum Gasteiger partial charge on any atom is -0.371 e. The van der Waals surface area contributed by atoms with Crippen LogP contribution < -0.4 is 16.6 Å². The highest BCUT2D eigenvalue weighted by atomic mass is 16.1. The number of para-hydroxylation sites is 1. The standard InChI is InChI=1S/C27H22N8O/c1-16-12-19(14-31-34-16)21-11-7-8-18-13-23(17(2)32-25-22(29-3)15-30-27(28)33-25)35(26(36)24(18)21)20-9-5-4-6-10-20/h4-15,17H,1-2H3,(H3,28,30,32,33)/t17-/m0/s1. The van der Waals surface area contributed by atoms with Crippen LogP contribution in [-0.2, 0) is 0 Å². The number of fused-ring (bicyclic) bond motifs is 1. The lowest BCUT2D eigenvalue weighted by Gasteiger charge is -2.22. The molecule has 0 spiro atoms. The molecule has 0 aliphatic carbocycles. The number of pyridine rings is 1. The van der Waals surface area contributed by atoms with Crippen molar-refractivity contribution >= 4 is 28.2 Å². The van der Waals surface area contributed by atoms with E-state index in [4.69, 9.17) is 12.3 Å². The van der Waals surface area contributed by atoms with E-state index in [0.717, 1.165) is 27.9 Å². The number of nitrogens with zero attached hydrogens (tertiary/aromatic N) is 6. The van der Waals surface area contributed by atoms with Crippen molar-refractivity contribution in [2.75, 3.05) is 11.1 Å². The summed E-state index contributed by atoms with van der Waals surface area (Å²) in [5.41, 5.74) is 9.64. The van der Waals surface area contributed by atoms with E-state index in [1.165, 1.54) is 6.20 Å².